The first-order valence-corrected chi connectivity index (χ1v) is 7.07. The number of rotatable bonds is 2. The molecule has 0 aliphatic carbocycles. The number of nitrogens with one attached hydrogen (secondary N) is 1. The first kappa shape index (κ1) is 12.9. The van der Waals surface area contributed by atoms with E-state index < -0.39 is 0 Å². The zero-order valence-corrected chi connectivity index (χ0v) is 11.8. The Labute approximate surface area is 109 Å². The molecule has 0 radical (unpaired) electrons. The summed E-state index contributed by atoms with van der Waals surface area (Å²) in [6, 6.07) is 9.00. The lowest BCUT2D eigenvalue weighted by atomic mass is 9.87. The molecule has 1 heterocycles. The van der Waals surface area contributed by atoms with E-state index in [0.29, 0.717) is 0 Å². The van der Waals surface area contributed by atoms with Crippen LogP contribution in [0.1, 0.15) is 26.3 Å². The molecule has 0 atom stereocenters. The van der Waals surface area contributed by atoms with Crippen LogP contribution >= 0.6 is 11.9 Å². The van der Waals surface area contributed by atoms with Gasteiger partial charge in [0, 0.05) is 31.1 Å². The van der Waals surface area contributed by atoms with E-state index in [2.05, 4.69) is 54.7 Å². The number of hydrogen-bond donors (Lipinski definition) is 1. The van der Waals surface area contributed by atoms with Crippen molar-refractivity contribution in [2.75, 3.05) is 26.2 Å². The molecule has 1 aromatic rings. The van der Waals surface area contributed by atoms with E-state index in [1.807, 2.05) is 11.9 Å². The van der Waals surface area contributed by atoms with Gasteiger partial charge >= 0.3 is 0 Å². The molecule has 1 N–H and O–H groups in total. The topological polar surface area (TPSA) is 15.3 Å². The van der Waals surface area contributed by atoms with Gasteiger partial charge in [0.25, 0.3) is 0 Å². The lowest BCUT2D eigenvalue weighted by Gasteiger charge is -2.26. The maximum atomic E-state index is 3.37. The molecule has 17 heavy (non-hydrogen) atoms. The van der Waals surface area contributed by atoms with Gasteiger partial charge in [0.2, 0.25) is 0 Å². The van der Waals surface area contributed by atoms with Gasteiger partial charge in [-0.3, -0.25) is 0 Å². The highest BCUT2D eigenvalue weighted by Crippen LogP contribution is 2.27. The van der Waals surface area contributed by atoms with Crippen LogP contribution in [-0.4, -0.2) is 30.5 Å². The monoisotopic (exact) mass is 250 g/mol. The van der Waals surface area contributed by atoms with Gasteiger partial charge in [-0.25, -0.2) is 4.31 Å². The molecule has 2 rings (SSSR count). The van der Waals surface area contributed by atoms with Crippen molar-refractivity contribution in [1.29, 1.82) is 0 Å². The predicted molar refractivity (Wildman–Crippen MR) is 75.4 cm³/mol. The first-order valence-electron chi connectivity index (χ1n) is 6.30. The van der Waals surface area contributed by atoms with Gasteiger partial charge in [0.05, 0.1) is 0 Å². The highest BCUT2D eigenvalue weighted by atomic mass is 32.2. The summed E-state index contributed by atoms with van der Waals surface area (Å²) in [5, 5.41) is 3.37. The van der Waals surface area contributed by atoms with Crippen molar-refractivity contribution in [2.45, 2.75) is 31.1 Å². The van der Waals surface area contributed by atoms with Crippen LogP contribution in [0.2, 0.25) is 0 Å². The summed E-state index contributed by atoms with van der Waals surface area (Å²) in [6.45, 7) is 11.2. The van der Waals surface area contributed by atoms with Gasteiger partial charge in [0.1, 0.15) is 0 Å². The lowest BCUT2D eigenvalue weighted by Crippen LogP contribution is -2.39. The first-order chi connectivity index (χ1) is 8.05. The summed E-state index contributed by atoms with van der Waals surface area (Å²) < 4.78 is 2.43. The average molecular weight is 250 g/mol. The van der Waals surface area contributed by atoms with Crippen molar-refractivity contribution < 1.29 is 0 Å². The summed E-state index contributed by atoms with van der Waals surface area (Å²) in [5.41, 5.74) is 1.65. The smallest absolute Gasteiger partial charge is 0.0230 e. The van der Waals surface area contributed by atoms with Crippen LogP contribution in [0.3, 0.4) is 0 Å². The Bertz CT molecular complexity index is 347. The van der Waals surface area contributed by atoms with E-state index in [0.717, 1.165) is 26.2 Å². The molecular weight excluding hydrogens is 228 g/mol. The third-order valence-corrected chi connectivity index (χ3v) is 4.14. The fourth-order valence-electron chi connectivity index (χ4n) is 1.90. The molecule has 0 amide bonds. The largest absolute Gasteiger partial charge is 0.314 e. The van der Waals surface area contributed by atoms with Crippen LogP contribution in [0.25, 0.3) is 0 Å². The number of hydrogen-bond acceptors (Lipinski definition) is 3. The Kier molecular flexibility index (Phi) is 4.13. The van der Waals surface area contributed by atoms with E-state index in [-0.39, 0.29) is 5.41 Å². The second kappa shape index (κ2) is 5.42. The molecule has 0 aromatic heterocycles. The molecule has 0 spiro atoms. The Balaban J connectivity index is 1.98. The van der Waals surface area contributed by atoms with Crippen LogP contribution in [-0.2, 0) is 5.41 Å². The minimum atomic E-state index is 0.248. The quantitative estimate of drug-likeness (QED) is 0.813. The molecule has 0 saturated carbocycles. The van der Waals surface area contributed by atoms with E-state index in [1.54, 1.807) is 0 Å². The Morgan fingerprint density at radius 1 is 1.06 bits per heavy atom. The summed E-state index contributed by atoms with van der Waals surface area (Å²) in [4.78, 5) is 1.35. The lowest BCUT2D eigenvalue weighted by molar-refractivity contribution is 0.396. The van der Waals surface area contributed by atoms with Crippen molar-refractivity contribution >= 4 is 11.9 Å². The minimum Gasteiger partial charge on any atom is -0.314 e. The van der Waals surface area contributed by atoms with Crippen LogP contribution in [0.15, 0.2) is 29.2 Å². The van der Waals surface area contributed by atoms with E-state index in [4.69, 9.17) is 0 Å². The molecule has 1 aliphatic heterocycles. The van der Waals surface area contributed by atoms with Gasteiger partial charge in [0.15, 0.2) is 0 Å². The Hall–Kier alpha value is -0.510. The third-order valence-electron chi connectivity index (χ3n) is 3.03. The van der Waals surface area contributed by atoms with Crippen LogP contribution < -0.4 is 5.32 Å². The molecule has 3 heteroatoms. The number of benzene rings is 1. The molecule has 1 aromatic carbocycles. The molecule has 94 valence electrons. The van der Waals surface area contributed by atoms with Crippen LogP contribution in [0.4, 0.5) is 0 Å². The fraction of sp³-hybridized carbons (Fsp3) is 0.571. The summed E-state index contributed by atoms with van der Waals surface area (Å²) in [7, 11) is 0. The third kappa shape index (κ3) is 3.73. The number of nitrogens with zero attached hydrogens (tertiary/aromatic N) is 1. The average Bonchev–Trinajstić information content (AvgIpc) is 2.30. The highest BCUT2D eigenvalue weighted by Gasteiger charge is 2.14. The molecule has 2 nitrogen and oxygen atoms in total. The predicted octanol–water partition coefficient (Wildman–Crippen LogP) is 2.90. The zero-order valence-electron chi connectivity index (χ0n) is 11.0. The van der Waals surface area contributed by atoms with Crippen LogP contribution in [0, 0.1) is 0 Å². The van der Waals surface area contributed by atoms with Crippen molar-refractivity contribution in [2.24, 2.45) is 0 Å². The second-order valence-corrected chi connectivity index (χ2v) is 6.72. The zero-order chi connectivity index (χ0) is 12.3. The number of piperazine rings is 1. The van der Waals surface area contributed by atoms with E-state index in [1.165, 1.54) is 10.5 Å². The minimum absolute atomic E-state index is 0.248. The van der Waals surface area contributed by atoms with Gasteiger partial charge in [-0.1, -0.05) is 32.9 Å². The normalized spacial score (nSPS) is 18.3. The summed E-state index contributed by atoms with van der Waals surface area (Å²) >= 11 is 1.88. The standard InChI is InChI=1S/C14H22N2S/c1-14(2,3)12-4-6-13(7-5-12)17-16-10-8-15-9-11-16/h4-7,15H,8-11H2,1-3H3. The van der Waals surface area contributed by atoms with Gasteiger partial charge in [-0.15, -0.1) is 0 Å². The van der Waals surface area contributed by atoms with Crippen LogP contribution in [0.5, 0.6) is 0 Å². The highest BCUT2D eigenvalue weighted by molar-refractivity contribution is 7.97. The van der Waals surface area contributed by atoms with Crippen molar-refractivity contribution in [3.8, 4) is 0 Å². The van der Waals surface area contributed by atoms with Gasteiger partial charge in [-0.05, 0) is 35.1 Å². The Morgan fingerprint density at radius 2 is 1.65 bits per heavy atom. The van der Waals surface area contributed by atoms with E-state index in [9.17, 15) is 0 Å². The fourth-order valence-corrected chi connectivity index (χ4v) is 2.82. The molecular formula is C14H22N2S. The summed E-state index contributed by atoms with van der Waals surface area (Å²) in [5.74, 6) is 0. The maximum absolute atomic E-state index is 3.37. The van der Waals surface area contributed by atoms with Crippen molar-refractivity contribution in [1.82, 2.24) is 9.62 Å². The summed E-state index contributed by atoms with van der Waals surface area (Å²) in [6.07, 6.45) is 0. The Morgan fingerprint density at radius 3 is 2.18 bits per heavy atom. The SMILES string of the molecule is CC(C)(C)c1ccc(SN2CCNCC2)cc1. The van der Waals surface area contributed by atoms with Gasteiger partial charge in [-0.2, -0.15) is 0 Å². The molecule has 1 saturated heterocycles. The van der Waals surface area contributed by atoms with Crippen molar-refractivity contribution in [3.05, 3.63) is 29.8 Å². The second-order valence-electron chi connectivity index (χ2n) is 5.54. The van der Waals surface area contributed by atoms with E-state index >= 15 is 0 Å². The molecule has 1 aliphatic rings. The van der Waals surface area contributed by atoms with Crippen molar-refractivity contribution in [3.63, 3.8) is 0 Å². The molecule has 1 fully saturated rings. The molecule has 0 unspecified atom stereocenters. The molecule has 0 bridgehead atoms. The maximum Gasteiger partial charge on any atom is 0.0230 e. The van der Waals surface area contributed by atoms with Gasteiger partial charge < -0.3 is 5.32 Å².